The fraction of sp³-hybridized carbons (Fsp3) is 0.647. The zero-order valence-electron chi connectivity index (χ0n) is 13.6. The summed E-state index contributed by atoms with van der Waals surface area (Å²) in [6.45, 7) is 4.98. The van der Waals surface area contributed by atoms with Crippen LogP contribution < -0.4 is 10.1 Å². The Morgan fingerprint density at radius 1 is 1.19 bits per heavy atom. The van der Waals surface area contributed by atoms with Crippen molar-refractivity contribution in [1.82, 2.24) is 5.32 Å². The summed E-state index contributed by atoms with van der Waals surface area (Å²) in [5.41, 5.74) is 1.39. The number of benzene rings is 1. The van der Waals surface area contributed by atoms with E-state index in [4.69, 9.17) is 9.47 Å². The molecule has 3 nitrogen and oxygen atoms in total. The molecule has 1 aromatic rings. The molecule has 0 aliphatic rings. The average Bonchev–Trinajstić information content (AvgIpc) is 2.52. The van der Waals surface area contributed by atoms with Crippen LogP contribution in [0, 0.1) is 5.92 Å². The third-order valence-corrected chi connectivity index (χ3v) is 4.41. The molecule has 0 heterocycles. The van der Waals surface area contributed by atoms with Crippen molar-refractivity contribution < 1.29 is 9.47 Å². The summed E-state index contributed by atoms with van der Waals surface area (Å²) in [6, 6.07) is 8.44. The molecule has 0 aromatic heterocycles. The fourth-order valence-corrected chi connectivity index (χ4v) is 3.03. The molecule has 1 N–H and O–H groups in total. The van der Waals surface area contributed by atoms with Gasteiger partial charge in [0.2, 0.25) is 0 Å². The zero-order valence-corrected chi connectivity index (χ0v) is 14.4. The molecule has 120 valence electrons. The third-order valence-electron chi connectivity index (χ3n) is 3.47. The van der Waals surface area contributed by atoms with E-state index in [1.807, 2.05) is 23.9 Å². The molecule has 1 aromatic carbocycles. The number of thioether (sulfide) groups is 1. The number of methoxy groups -OCH3 is 2. The first kappa shape index (κ1) is 18.3. The first-order valence-corrected chi connectivity index (χ1v) is 8.86. The van der Waals surface area contributed by atoms with Crippen LogP contribution in [0.1, 0.15) is 18.9 Å². The van der Waals surface area contributed by atoms with E-state index in [1.54, 1.807) is 14.2 Å². The van der Waals surface area contributed by atoms with Crippen LogP contribution in [0.5, 0.6) is 5.75 Å². The van der Waals surface area contributed by atoms with Crippen molar-refractivity contribution in [3.05, 3.63) is 29.8 Å². The molecule has 0 aliphatic carbocycles. The Morgan fingerprint density at radius 2 is 1.95 bits per heavy atom. The van der Waals surface area contributed by atoms with Crippen LogP contribution in [0.4, 0.5) is 0 Å². The van der Waals surface area contributed by atoms with Crippen molar-refractivity contribution >= 4 is 11.8 Å². The molecule has 4 heteroatoms. The second kappa shape index (κ2) is 11.9. The molecule has 0 saturated carbocycles. The van der Waals surface area contributed by atoms with E-state index in [1.165, 1.54) is 23.5 Å². The van der Waals surface area contributed by atoms with Gasteiger partial charge in [-0.1, -0.05) is 19.1 Å². The minimum Gasteiger partial charge on any atom is -0.497 e. The van der Waals surface area contributed by atoms with Crippen molar-refractivity contribution in [1.29, 1.82) is 0 Å². The van der Waals surface area contributed by atoms with Crippen LogP contribution in [-0.2, 0) is 11.2 Å². The van der Waals surface area contributed by atoms with Crippen molar-refractivity contribution in [2.45, 2.75) is 19.8 Å². The summed E-state index contributed by atoms with van der Waals surface area (Å²) >= 11 is 2.02. The van der Waals surface area contributed by atoms with E-state index in [9.17, 15) is 0 Å². The quantitative estimate of drug-likeness (QED) is 0.600. The molecule has 0 amide bonds. The van der Waals surface area contributed by atoms with Gasteiger partial charge in [0, 0.05) is 13.7 Å². The Balaban J connectivity index is 2.44. The van der Waals surface area contributed by atoms with Gasteiger partial charge in [0.05, 0.1) is 13.7 Å². The highest BCUT2D eigenvalue weighted by Crippen LogP contribution is 2.18. The SMILES string of the molecule is CCSCCC(CNCCOC)Cc1ccc(OC)cc1. The van der Waals surface area contributed by atoms with E-state index in [0.717, 1.165) is 31.9 Å². The summed E-state index contributed by atoms with van der Waals surface area (Å²) in [5, 5.41) is 3.50. The standard InChI is InChI=1S/C17H29NO2S/c1-4-21-12-9-16(14-18-10-11-19-2)13-15-5-7-17(20-3)8-6-15/h5-8,16,18H,4,9-14H2,1-3H3. The van der Waals surface area contributed by atoms with Crippen LogP contribution >= 0.6 is 11.8 Å². The summed E-state index contributed by atoms with van der Waals surface area (Å²) < 4.78 is 10.3. The van der Waals surface area contributed by atoms with E-state index in [2.05, 4.69) is 24.4 Å². The van der Waals surface area contributed by atoms with Gasteiger partial charge in [-0.3, -0.25) is 0 Å². The molecule has 0 bridgehead atoms. The Labute approximate surface area is 133 Å². The monoisotopic (exact) mass is 311 g/mol. The van der Waals surface area contributed by atoms with Gasteiger partial charge in [-0.05, 0) is 54.5 Å². The van der Waals surface area contributed by atoms with E-state index in [-0.39, 0.29) is 0 Å². The predicted molar refractivity (Wildman–Crippen MR) is 92.5 cm³/mol. The number of ether oxygens (including phenoxy) is 2. The number of hydrogen-bond donors (Lipinski definition) is 1. The molecule has 0 radical (unpaired) electrons. The summed E-state index contributed by atoms with van der Waals surface area (Å²) in [4.78, 5) is 0. The van der Waals surface area contributed by atoms with Gasteiger partial charge in [0.1, 0.15) is 5.75 Å². The van der Waals surface area contributed by atoms with Crippen LogP contribution in [0.3, 0.4) is 0 Å². The lowest BCUT2D eigenvalue weighted by Gasteiger charge is -2.18. The Kier molecular flexibility index (Phi) is 10.4. The first-order chi connectivity index (χ1) is 10.3. The van der Waals surface area contributed by atoms with Crippen LogP contribution in [-0.4, -0.2) is 45.4 Å². The second-order valence-corrected chi connectivity index (χ2v) is 6.49. The number of hydrogen-bond acceptors (Lipinski definition) is 4. The zero-order chi connectivity index (χ0) is 15.3. The van der Waals surface area contributed by atoms with Crippen molar-refractivity contribution in [3.8, 4) is 5.75 Å². The molecular weight excluding hydrogens is 282 g/mol. The molecule has 1 atom stereocenters. The lowest BCUT2D eigenvalue weighted by molar-refractivity contribution is 0.197. The maximum atomic E-state index is 5.22. The average molecular weight is 311 g/mol. The lowest BCUT2D eigenvalue weighted by atomic mass is 9.96. The summed E-state index contributed by atoms with van der Waals surface area (Å²) in [5.74, 6) is 4.04. The summed E-state index contributed by atoms with van der Waals surface area (Å²) in [7, 11) is 3.45. The van der Waals surface area contributed by atoms with E-state index in [0.29, 0.717) is 5.92 Å². The highest BCUT2D eigenvalue weighted by Gasteiger charge is 2.10. The first-order valence-electron chi connectivity index (χ1n) is 7.70. The Hall–Kier alpha value is -0.710. The van der Waals surface area contributed by atoms with Gasteiger partial charge < -0.3 is 14.8 Å². The number of rotatable bonds is 12. The molecule has 0 fully saturated rings. The molecule has 1 unspecified atom stereocenters. The van der Waals surface area contributed by atoms with Gasteiger partial charge in [0.15, 0.2) is 0 Å². The molecule has 21 heavy (non-hydrogen) atoms. The minimum atomic E-state index is 0.675. The van der Waals surface area contributed by atoms with E-state index >= 15 is 0 Å². The summed E-state index contributed by atoms with van der Waals surface area (Å²) in [6.07, 6.45) is 2.37. The van der Waals surface area contributed by atoms with E-state index < -0.39 is 0 Å². The van der Waals surface area contributed by atoms with Gasteiger partial charge >= 0.3 is 0 Å². The maximum absolute atomic E-state index is 5.22. The van der Waals surface area contributed by atoms with Gasteiger partial charge in [-0.15, -0.1) is 0 Å². The molecule has 0 saturated heterocycles. The van der Waals surface area contributed by atoms with Gasteiger partial charge in [-0.2, -0.15) is 11.8 Å². The highest BCUT2D eigenvalue weighted by atomic mass is 32.2. The van der Waals surface area contributed by atoms with Gasteiger partial charge in [0.25, 0.3) is 0 Å². The Morgan fingerprint density at radius 3 is 2.57 bits per heavy atom. The lowest BCUT2D eigenvalue weighted by Crippen LogP contribution is -2.27. The largest absolute Gasteiger partial charge is 0.497 e. The fourth-order valence-electron chi connectivity index (χ4n) is 2.25. The third kappa shape index (κ3) is 8.34. The maximum Gasteiger partial charge on any atom is 0.118 e. The highest BCUT2D eigenvalue weighted by molar-refractivity contribution is 7.99. The molecule has 0 spiro atoms. The number of nitrogens with one attached hydrogen (secondary N) is 1. The minimum absolute atomic E-state index is 0.675. The molecular formula is C17H29NO2S. The topological polar surface area (TPSA) is 30.5 Å². The second-order valence-electron chi connectivity index (χ2n) is 5.10. The van der Waals surface area contributed by atoms with Gasteiger partial charge in [-0.25, -0.2) is 0 Å². The molecule has 1 rings (SSSR count). The Bertz CT molecular complexity index is 356. The predicted octanol–water partition coefficient (Wildman–Crippen LogP) is 3.23. The normalized spacial score (nSPS) is 12.3. The van der Waals surface area contributed by atoms with Crippen molar-refractivity contribution in [3.63, 3.8) is 0 Å². The molecule has 0 aliphatic heterocycles. The van der Waals surface area contributed by atoms with Crippen molar-refractivity contribution in [2.75, 3.05) is 45.4 Å². The van der Waals surface area contributed by atoms with Crippen LogP contribution in [0.2, 0.25) is 0 Å². The van der Waals surface area contributed by atoms with Crippen LogP contribution in [0.15, 0.2) is 24.3 Å². The van der Waals surface area contributed by atoms with Crippen LogP contribution in [0.25, 0.3) is 0 Å². The van der Waals surface area contributed by atoms with Crippen molar-refractivity contribution in [2.24, 2.45) is 5.92 Å². The smallest absolute Gasteiger partial charge is 0.118 e.